The van der Waals surface area contributed by atoms with Crippen molar-refractivity contribution in [3.8, 4) is 11.1 Å². The van der Waals surface area contributed by atoms with Crippen LogP contribution in [0.1, 0.15) is 11.1 Å². The Morgan fingerprint density at radius 2 is 1.36 bits per heavy atom. The van der Waals surface area contributed by atoms with Gasteiger partial charge >= 0.3 is 6.03 Å². The maximum absolute atomic E-state index is 12.3. The van der Waals surface area contributed by atoms with Gasteiger partial charge in [0.1, 0.15) is 0 Å². The standard InChI is InChI=1S/C21H19BrN2O/c1-14-12-18(22)13-15(2)20(14)24-21(25)23-19-10-8-17(9-11-19)16-6-4-3-5-7-16/h3-13H,1-2H3,(H2,23,24,25). The Balaban J connectivity index is 1.70. The second-order valence-corrected chi connectivity index (χ2v) is 6.85. The third kappa shape index (κ3) is 4.28. The zero-order valence-corrected chi connectivity index (χ0v) is 15.7. The van der Waals surface area contributed by atoms with E-state index in [0.717, 1.165) is 38.1 Å². The molecule has 0 aliphatic carbocycles. The molecule has 0 aromatic heterocycles. The minimum absolute atomic E-state index is 0.249. The van der Waals surface area contributed by atoms with Crippen LogP contribution in [-0.4, -0.2) is 6.03 Å². The largest absolute Gasteiger partial charge is 0.323 e. The van der Waals surface area contributed by atoms with Gasteiger partial charge in [0.2, 0.25) is 0 Å². The molecule has 0 radical (unpaired) electrons. The van der Waals surface area contributed by atoms with Crippen LogP contribution in [-0.2, 0) is 0 Å². The first kappa shape index (κ1) is 17.2. The molecule has 3 aromatic rings. The molecule has 4 heteroatoms. The molecule has 25 heavy (non-hydrogen) atoms. The van der Waals surface area contributed by atoms with E-state index in [-0.39, 0.29) is 6.03 Å². The van der Waals surface area contributed by atoms with Crippen LogP contribution in [0, 0.1) is 13.8 Å². The van der Waals surface area contributed by atoms with E-state index in [1.54, 1.807) is 0 Å². The molecule has 0 saturated heterocycles. The monoisotopic (exact) mass is 394 g/mol. The second-order valence-electron chi connectivity index (χ2n) is 5.94. The molecular formula is C21H19BrN2O. The molecule has 0 heterocycles. The number of rotatable bonds is 3. The smallest absolute Gasteiger partial charge is 0.308 e. The van der Waals surface area contributed by atoms with Crippen LogP contribution >= 0.6 is 15.9 Å². The number of amides is 2. The van der Waals surface area contributed by atoms with Gasteiger partial charge in [-0.2, -0.15) is 0 Å². The highest BCUT2D eigenvalue weighted by molar-refractivity contribution is 9.10. The van der Waals surface area contributed by atoms with Crippen molar-refractivity contribution in [2.45, 2.75) is 13.8 Å². The lowest BCUT2D eigenvalue weighted by molar-refractivity contribution is 0.262. The first-order valence-corrected chi connectivity index (χ1v) is 8.82. The second kappa shape index (κ2) is 7.53. The molecule has 3 nitrogen and oxygen atoms in total. The number of benzene rings is 3. The fraction of sp³-hybridized carbons (Fsp3) is 0.0952. The molecule has 0 unspecified atom stereocenters. The predicted molar refractivity (Wildman–Crippen MR) is 108 cm³/mol. The van der Waals surface area contributed by atoms with Crippen molar-refractivity contribution in [1.82, 2.24) is 0 Å². The molecule has 0 bridgehead atoms. The number of aryl methyl sites for hydroxylation is 2. The first-order chi connectivity index (χ1) is 12.0. The Bertz CT molecular complexity index is 867. The lowest BCUT2D eigenvalue weighted by atomic mass is 10.1. The van der Waals surface area contributed by atoms with Gasteiger partial charge < -0.3 is 10.6 Å². The van der Waals surface area contributed by atoms with Crippen LogP contribution in [0.2, 0.25) is 0 Å². The minimum Gasteiger partial charge on any atom is -0.308 e. The molecule has 3 rings (SSSR count). The number of hydrogen-bond donors (Lipinski definition) is 2. The van der Waals surface area contributed by atoms with E-state index in [1.807, 2.05) is 68.4 Å². The lowest BCUT2D eigenvalue weighted by Crippen LogP contribution is -2.20. The first-order valence-electron chi connectivity index (χ1n) is 8.03. The number of nitrogens with one attached hydrogen (secondary N) is 2. The number of carbonyl (C=O) groups is 1. The number of halogens is 1. The summed E-state index contributed by atoms with van der Waals surface area (Å²) in [5.74, 6) is 0. The van der Waals surface area contributed by atoms with Crippen LogP contribution < -0.4 is 10.6 Å². The van der Waals surface area contributed by atoms with Crippen molar-refractivity contribution in [1.29, 1.82) is 0 Å². The van der Waals surface area contributed by atoms with Crippen LogP contribution in [0.25, 0.3) is 11.1 Å². The molecule has 126 valence electrons. The molecule has 0 aliphatic rings. The average Bonchev–Trinajstić information content (AvgIpc) is 2.59. The molecule has 2 N–H and O–H groups in total. The summed E-state index contributed by atoms with van der Waals surface area (Å²) in [6.07, 6.45) is 0. The minimum atomic E-state index is -0.249. The summed E-state index contributed by atoms with van der Waals surface area (Å²) in [5, 5.41) is 5.81. The van der Waals surface area contributed by atoms with Crippen molar-refractivity contribution in [2.75, 3.05) is 10.6 Å². The van der Waals surface area contributed by atoms with E-state index in [0.29, 0.717) is 0 Å². The predicted octanol–water partition coefficient (Wildman–Crippen LogP) is 6.38. The Hall–Kier alpha value is -2.59. The molecule has 0 saturated carbocycles. The normalized spacial score (nSPS) is 10.4. The van der Waals surface area contributed by atoms with E-state index < -0.39 is 0 Å². The fourth-order valence-corrected chi connectivity index (χ4v) is 3.45. The molecular weight excluding hydrogens is 376 g/mol. The van der Waals surface area contributed by atoms with Gasteiger partial charge in [-0.15, -0.1) is 0 Å². The maximum Gasteiger partial charge on any atom is 0.323 e. The summed E-state index contributed by atoms with van der Waals surface area (Å²) in [7, 11) is 0. The molecule has 3 aromatic carbocycles. The van der Waals surface area contributed by atoms with Crippen molar-refractivity contribution in [3.05, 3.63) is 82.3 Å². The van der Waals surface area contributed by atoms with Gasteiger partial charge in [-0.25, -0.2) is 4.79 Å². The van der Waals surface area contributed by atoms with Crippen molar-refractivity contribution >= 4 is 33.3 Å². The zero-order chi connectivity index (χ0) is 17.8. The molecule has 0 aliphatic heterocycles. The maximum atomic E-state index is 12.3. The number of urea groups is 1. The van der Waals surface area contributed by atoms with Gasteiger partial charge in [-0.05, 0) is 60.4 Å². The highest BCUT2D eigenvalue weighted by atomic mass is 79.9. The Morgan fingerprint density at radius 1 is 0.800 bits per heavy atom. The van der Waals surface area contributed by atoms with E-state index >= 15 is 0 Å². The summed E-state index contributed by atoms with van der Waals surface area (Å²) in [6.45, 7) is 3.95. The van der Waals surface area contributed by atoms with Crippen LogP contribution in [0.4, 0.5) is 16.2 Å². The SMILES string of the molecule is Cc1cc(Br)cc(C)c1NC(=O)Nc1ccc(-c2ccccc2)cc1. The third-order valence-corrected chi connectivity index (χ3v) is 4.44. The van der Waals surface area contributed by atoms with Crippen LogP contribution in [0.3, 0.4) is 0 Å². The summed E-state index contributed by atoms with van der Waals surface area (Å²) >= 11 is 3.46. The van der Waals surface area contributed by atoms with E-state index in [2.05, 4.69) is 38.7 Å². The quantitative estimate of drug-likeness (QED) is 0.531. The summed E-state index contributed by atoms with van der Waals surface area (Å²) < 4.78 is 1.00. The molecule has 0 fully saturated rings. The lowest BCUT2D eigenvalue weighted by Gasteiger charge is -2.13. The number of carbonyl (C=O) groups excluding carboxylic acids is 1. The van der Waals surface area contributed by atoms with Gasteiger partial charge in [-0.1, -0.05) is 58.4 Å². The summed E-state index contributed by atoms with van der Waals surface area (Å²) in [6, 6.07) is 21.7. The van der Waals surface area contributed by atoms with Crippen molar-refractivity contribution < 1.29 is 4.79 Å². The van der Waals surface area contributed by atoms with Gasteiger partial charge in [0.15, 0.2) is 0 Å². The van der Waals surface area contributed by atoms with Crippen molar-refractivity contribution in [2.24, 2.45) is 0 Å². The zero-order valence-electron chi connectivity index (χ0n) is 14.1. The van der Waals surface area contributed by atoms with E-state index in [9.17, 15) is 4.79 Å². The fourth-order valence-electron chi connectivity index (χ4n) is 2.76. The van der Waals surface area contributed by atoms with Gasteiger partial charge in [0, 0.05) is 15.8 Å². The van der Waals surface area contributed by atoms with Crippen LogP contribution in [0.5, 0.6) is 0 Å². The van der Waals surface area contributed by atoms with E-state index in [4.69, 9.17) is 0 Å². The topological polar surface area (TPSA) is 41.1 Å². The van der Waals surface area contributed by atoms with Crippen LogP contribution in [0.15, 0.2) is 71.2 Å². The number of anilines is 2. The molecule has 2 amide bonds. The average molecular weight is 395 g/mol. The summed E-state index contributed by atoms with van der Waals surface area (Å²) in [4.78, 5) is 12.3. The highest BCUT2D eigenvalue weighted by Crippen LogP contribution is 2.25. The third-order valence-electron chi connectivity index (χ3n) is 3.99. The molecule has 0 spiro atoms. The Kier molecular flexibility index (Phi) is 5.19. The van der Waals surface area contributed by atoms with Gasteiger partial charge in [0.25, 0.3) is 0 Å². The van der Waals surface area contributed by atoms with E-state index in [1.165, 1.54) is 0 Å². The Labute approximate surface area is 156 Å². The van der Waals surface area contributed by atoms with Gasteiger partial charge in [-0.3, -0.25) is 0 Å². The van der Waals surface area contributed by atoms with Crippen molar-refractivity contribution in [3.63, 3.8) is 0 Å². The number of hydrogen-bond acceptors (Lipinski definition) is 1. The molecule has 0 atom stereocenters. The van der Waals surface area contributed by atoms with Gasteiger partial charge in [0.05, 0.1) is 0 Å². The Morgan fingerprint density at radius 3 is 1.96 bits per heavy atom. The summed E-state index contributed by atoms with van der Waals surface area (Å²) in [5.41, 5.74) is 5.89. The highest BCUT2D eigenvalue weighted by Gasteiger charge is 2.09.